The van der Waals surface area contributed by atoms with Crippen LogP contribution in [-0.2, 0) is 4.79 Å². The van der Waals surface area contributed by atoms with Gasteiger partial charge in [0.1, 0.15) is 5.75 Å². The van der Waals surface area contributed by atoms with Gasteiger partial charge in [0, 0.05) is 10.0 Å². The average molecular weight is 469 g/mol. The van der Waals surface area contributed by atoms with Gasteiger partial charge < -0.3 is 4.74 Å². The van der Waals surface area contributed by atoms with E-state index in [0.29, 0.717) is 38.1 Å². The molecule has 156 valence electrons. The van der Waals surface area contributed by atoms with Crippen LogP contribution in [0.4, 0.5) is 11.4 Å². The number of amidine groups is 1. The molecule has 1 aliphatic rings. The monoisotopic (exact) mass is 468 g/mol. The standard InChI is InChI=1S/C24H18Cl2N2O2S/c1-2-30-21-13-3-16(4-14-21)15-22-23(29)28(20-11-7-18(26)8-12-20)24(31-22)27-19-9-5-17(25)6-10-19/h3-15H,2H2,1H3/b22-15-,27-24?. The van der Waals surface area contributed by atoms with E-state index in [4.69, 9.17) is 32.9 Å². The van der Waals surface area contributed by atoms with Gasteiger partial charge in [0.2, 0.25) is 0 Å². The van der Waals surface area contributed by atoms with Crippen molar-refractivity contribution < 1.29 is 9.53 Å². The Kier molecular flexibility index (Phi) is 6.66. The maximum Gasteiger partial charge on any atom is 0.271 e. The normalized spacial score (nSPS) is 16.4. The Morgan fingerprint density at radius 3 is 2.16 bits per heavy atom. The number of ether oxygens (including phenoxy) is 1. The fraction of sp³-hybridized carbons (Fsp3) is 0.0833. The number of nitrogens with zero attached hydrogens (tertiary/aromatic N) is 2. The maximum absolute atomic E-state index is 13.3. The van der Waals surface area contributed by atoms with Gasteiger partial charge in [-0.05, 0) is 91.0 Å². The fourth-order valence-corrected chi connectivity index (χ4v) is 4.22. The van der Waals surface area contributed by atoms with E-state index in [1.807, 2.05) is 49.4 Å². The zero-order valence-corrected chi connectivity index (χ0v) is 18.9. The van der Waals surface area contributed by atoms with E-state index >= 15 is 0 Å². The molecular weight excluding hydrogens is 451 g/mol. The van der Waals surface area contributed by atoms with E-state index in [1.54, 1.807) is 41.3 Å². The number of hydrogen-bond donors (Lipinski definition) is 0. The van der Waals surface area contributed by atoms with Gasteiger partial charge in [-0.15, -0.1) is 0 Å². The summed E-state index contributed by atoms with van der Waals surface area (Å²) in [4.78, 5) is 20.2. The third-order valence-corrected chi connectivity index (χ3v) is 5.90. The molecule has 0 bridgehead atoms. The van der Waals surface area contributed by atoms with E-state index in [1.165, 1.54) is 11.8 Å². The van der Waals surface area contributed by atoms with E-state index in [-0.39, 0.29) is 5.91 Å². The SMILES string of the molecule is CCOc1ccc(/C=C2\SC(=Nc3ccc(Cl)cc3)N(c3ccc(Cl)cc3)C2=O)cc1. The van der Waals surface area contributed by atoms with Crippen molar-refractivity contribution in [3.63, 3.8) is 0 Å². The topological polar surface area (TPSA) is 41.9 Å². The Balaban J connectivity index is 1.71. The number of benzene rings is 3. The van der Waals surface area contributed by atoms with Crippen LogP contribution in [0, 0.1) is 0 Å². The Morgan fingerprint density at radius 1 is 0.935 bits per heavy atom. The first-order valence-corrected chi connectivity index (χ1v) is 11.2. The second kappa shape index (κ2) is 9.60. The zero-order chi connectivity index (χ0) is 21.8. The molecule has 7 heteroatoms. The van der Waals surface area contributed by atoms with E-state index < -0.39 is 0 Å². The number of carbonyl (C=O) groups is 1. The second-order valence-electron chi connectivity index (χ2n) is 6.60. The Labute approximate surface area is 195 Å². The molecule has 0 unspecified atom stereocenters. The summed E-state index contributed by atoms with van der Waals surface area (Å²) in [5.41, 5.74) is 2.31. The molecule has 0 spiro atoms. The summed E-state index contributed by atoms with van der Waals surface area (Å²) in [7, 11) is 0. The fourth-order valence-electron chi connectivity index (χ4n) is 2.97. The Hall–Kier alpha value is -2.73. The van der Waals surface area contributed by atoms with Crippen LogP contribution in [0.25, 0.3) is 6.08 Å². The quantitative estimate of drug-likeness (QED) is 0.371. The summed E-state index contributed by atoms with van der Waals surface area (Å²) in [6.07, 6.45) is 1.86. The maximum atomic E-state index is 13.3. The highest BCUT2D eigenvalue weighted by molar-refractivity contribution is 8.19. The zero-order valence-electron chi connectivity index (χ0n) is 16.6. The van der Waals surface area contributed by atoms with E-state index in [0.717, 1.165) is 11.3 Å². The molecule has 1 saturated heterocycles. The average Bonchev–Trinajstić information content (AvgIpc) is 3.07. The molecule has 3 aromatic carbocycles. The molecule has 31 heavy (non-hydrogen) atoms. The van der Waals surface area contributed by atoms with Crippen LogP contribution in [0.5, 0.6) is 5.75 Å². The number of halogens is 2. The van der Waals surface area contributed by atoms with Gasteiger partial charge in [0.25, 0.3) is 5.91 Å². The predicted octanol–water partition coefficient (Wildman–Crippen LogP) is 7.20. The highest BCUT2D eigenvalue weighted by Gasteiger charge is 2.34. The van der Waals surface area contributed by atoms with Crippen LogP contribution in [-0.4, -0.2) is 17.7 Å². The van der Waals surface area contributed by atoms with Crippen molar-refractivity contribution in [1.82, 2.24) is 0 Å². The van der Waals surface area contributed by atoms with E-state index in [9.17, 15) is 4.79 Å². The van der Waals surface area contributed by atoms with Crippen molar-refractivity contribution in [1.29, 1.82) is 0 Å². The molecule has 0 radical (unpaired) electrons. The molecule has 0 atom stereocenters. The third kappa shape index (κ3) is 5.13. The molecule has 1 fully saturated rings. The number of rotatable bonds is 5. The molecule has 1 aliphatic heterocycles. The lowest BCUT2D eigenvalue weighted by Gasteiger charge is -2.15. The van der Waals surface area contributed by atoms with Gasteiger partial charge >= 0.3 is 0 Å². The van der Waals surface area contributed by atoms with Crippen molar-refractivity contribution in [3.8, 4) is 5.75 Å². The van der Waals surface area contributed by atoms with Crippen molar-refractivity contribution in [3.05, 3.63) is 93.3 Å². The minimum Gasteiger partial charge on any atom is -0.494 e. The number of thioether (sulfide) groups is 1. The Morgan fingerprint density at radius 2 is 1.55 bits per heavy atom. The highest BCUT2D eigenvalue weighted by Crippen LogP contribution is 2.37. The minimum atomic E-state index is -0.145. The molecule has 4 nitrogen and oxygen atoms in total. The molecule has 0 N–H and O–H groups in total. The van der Waals surface area contributed by atoms with Crippen molar-refractivity contribution in [2.45, 2.75) is 6.92 Å². The van der Waals surface area contributed by atoms with Gasteiger partial charge in [-0.1, -0.05) is 35.3 Å². The largest absolute Gasteiger partial charge is 0.494 e. The number of aliphatic imine (C=N–C) groups is 1. The van der Waals surface area contributed by atoms with Crippen LogP contribution in [0.1, 0.15) is 12.5 Å². The summed E-state index contributed by atoms with van der Waals surface area (Å²) in [6.45, 7) is 2.55. The summed E-state index contributed by atoms with van der Waals surface area (Å²) in [5.74, 6) is 0.650. The summed E-state index contributed by atoms with van der Waals surface area (Å²) >= 11 is 13.3. The summed E-state index contributed by atoms with van der Waals surface area (Å²) in [6, 6.07) is 21.9. The number of anilines is 1. The molecular formula is C24H18Cl2N2O2S. The van der Waals surface area contributed by atoms with Crippen LogP contribution < -0.4 is 9.64 Å². The summed E-state index contributed by atoms with van der Waals surface area (Å²) in [5, 5.41) is 1.79. The molecule has 3 aromatic rings. The van der Waals surface area contributed by atoms with Crippen molar-refractivity contribution in [2.24, 2.45) is 4.99 Å². The minimum absolute atomic E-state index is 0.145. The molecule has 1 amide bonds. The van der Waals surface area contributed by atoms with Crippen LogP contribution in [0.3, 0.4) is 0 Å². The van der Waals surface area contributed by atoms with Crippen molar-refractivity contribution in [2.75, 3.05) is 11.5 Å². The van der Waals surface area contributed by atoms with Crippen molar-refractivity contribution >= 4 is 63.5 Å². The van der Waals surface area contributed by atoms with Crippen LogP contribution >= 0.6 is 35.0 Å². The lowest BCUT2D eigenvalue weighted by atomic mass is 10.2. The number of hydrogen-bond acceptors (Lipinski definition) is 4. The molecule has 1 heterocycles. The first kappa shape index (κ1) is 21.5. The van der Waals surface area contributed by atoms with E-state index in [2.05, 4.69) is 0 Å². The number of amides is 1. The molecule has 0 aromatic heterocycles. The van der Waals surface area contributed by atoms with Gasteiger partial charge in [0.15, 0.2) is 5.17 Å². The van der Waals surface area contributed by atoms with Gasteiger partial charge in [-0.2, -0.15) is 0 Å². The summed E-state index contributed by atoms with van der Waals surface area (Å²) < 4.78 is 5.49. The highest BCUT2D eigenvalue weighted by atomic mass is 35.5. The van der Waals surface area contributed by atoms with Crippen LogP contribution in [0.2, 0.25) is 10.0 Å². The lowest BCUT2D eigenvalue weighted by Crippen LogP contribution is -2.28. The van der Waals surface area contributed by atoms with Crippen LogP contribution in [0.15, 0.2) is 82.7 Å². The lowest BCUT2D eigenvalue weighted by molar-refractivity contribution is -0.113. The van der Waals surface area contributed by atoms with Gasteiger partial charge in [-0.25, -0.2) is 4.99 Å². The van der Waals surface area contributed by atoms with Gasteiger partial charge in [0.05, 0.1) is 22.9 Å². The first-order valence-electron chi connectivity index (χ1n) is 9.60. The Bertz CT molecular complexity index is 1140. The predicted molar refractivity (Wildman–Crippen MR) is 131 cm³/mol. The van der Waals surface area contributed by atoms with Gasteiger partial charge in [-0.3, -0.25) is 9.69 Å². The molecule has 4 rings (SSSR count). The first-order chi connectivity index (χ1) is 15.0. The number of carbonyl (C=O) groups excluding carboxylic acids is 1. The third-order valence-electron chi connectivity index (χ3n) is 4.43. The molecule has 0 aliphatic carbocycles. The smallest absolute Gasteiger partial charge is 0.271 e. The second-order valence-corrected chi connectivity index (χ2v) is 8.48. The molecule has 0 saturated carbocycles.